The molecule has 21 heavy (non-hydrogen) atoms. The van der Waals surface area contributed by atoms with E-state index < -0.39 is 0 Å². The van der Waals surface area contributed by atoms with Gasteiger partial charge in [0.25, 0.3) is 0 Å². The van der Waals surface area contributed by atoms with E-state index in [1.807, 2.05) is 37.3 Å². The Morgan fingerprint density at radius 1 is 0.952 bits per heavy atom. The maximum absolute atomic E-state index is 9.90. The van der Waals surface area contributed by atoms with Gasteiger partial charge in [0.1, 0.15) is 5.75 Å². The summed E-state index contributed by atoms with van der Waals surface area (Å²) in [5, 5.41) is 14.3. The highest BCUT2D eigenvalue weighted by molar-refractivity contribution is 5.93. The number of phenolic OH excluding ortho intramolecular Hbond substituents is 1. The molecule has 0 atom stereocenters. The number of halogens is 1. The highest BCUT2D eigenvalue weighted by atomic mass is 35.5. The smallest absolute Gasteiger partial charge is 0.216 e. The van der Waals surface area contributed by atoms with Crippen molar-refractivity contribution in [2.75, 3.05) is 5.32 Å². The molecule has 108 valence electrons. The molecule has 0 amide bonds. The molecule has 0 spiro atoms. The van der Waals surface area contributed by atoms with E-state index in [1.54, 1.807) is 6.07 Å². The van der Waals surface area contributed by atoms with Gasteiger partial charge in [0, 0.05) is 18.6 Å². The number of benzene rings is 2. The highest BCUT2D eigenvalue weighted by Gasteiger charge is 2.12. The van der Waals surface area contributed by atoms with Gasteiger partial charge in [0.15, 0.2) is 5.69 Å². The third kappa shape index (κ3) is 2.93. The van der Waals surface area contributed by atoms with E-state index >= 15 is 0 Å². The minimum Gasteiger partial charge on any atom is -1.00 e. The lowest BCUT2D eigenvalue weighted by Crippen LogP contribution is -3.00. The summed E-state index contributed by atoms with van der Waals surface area (Å²) in [5.41, 5.74) is 5.09. The number of aromatic hydroxyl groups is 1. The number of fused-ring (bicyclic) bond motifs is 1. The van der Waals surface area contributed by atoms with Crippen molar-refractivity contribution in [3.05, 3.63) is 59.8 Å². The molecule has 0 radical (unpaired) electrons. The van der Waals surface area contributed by atoms with Crippen molar-refractivity contribution >= 4 is 22.3 Å². The van der Waals surface area contributed by atoms with E-state index in [1.165, 1.54) is 5.56 Å². The molecule has 3 N–H and O–H groups in total. The average Bonchev–Trinajstić information content (AvgIpc) is 2.42. The highest BCUT2D eigenvalue weighted by Crippen LogP contribution is 2.30. The van der Waals surface area contributed by atoms with Crippen LogP contribution in [0.4, 0.5) is 11.4 Å². The molecular formula is C17H17ClN2O. The molecule has 2 aromatic carbocycles. The molecule has 0 saturated carbocycles. The fraction of sp³-hybridized carbons (Fsp3) is 0.118. The van der Waals surface area contributed by atoms with Gasteiger partial charge < -0.3 is 22.8 Å². The number of rotatable bonds is 2. The van der Waals surface area contributed by atoms with Gasteiger partial charge in [-0.15, -0.1) is 0 Å². The van der Waals surface area contributed by atoms with Gasteiger partial charge in [-0.3, -0.25) is 0 Å². The van der Waals surface area contributed by atoms with Crippen molar-refractivity contribution in [3.8, 4) is 5.75 Å². The van der Waals surface area contributed by atoms with Crippen LogP contribution >= 0.6 is 0 Å². The fourth-order valence-corrected chi connectivity index (χ4v) is 2.41. The molecule has 3 rings (SSSR count). The zero-order valence-corrected chi connectivity index (χ0v) is 12.7. The standard InChI is InChI=1S/C17H16N2O.ClH/c1-11-6-5-7-13-15(10-12(2)18-17(11)13)19-14-8-3-4-9-16(14)20;/h3-10,20H,1-2H3,(H,18,19);1H. The quantitative estimate of drug-likeness (QED) is 0.685. The first-order valence-corrected chi connectivity index (χ1v) is 6.62. The first kappa shape index (κ1) is 15.1. The maximum Gasteiger partial charge on any atom is 0.216 e. The normalized spacial score (nSPS) is 10.2. The number of nitrogens with one attached hydrogen (secondary N) is 2. The lowest BCUT2D eigenvalue weighted by atomic mass is 10.1. The first-order chi connectivity index (χ1) is 9.65. The molecule has 1 heterocycles. The molecule has 0 unspecified atom stereocenters. The van der Waals surface area contributed by atoms with Crippen molar-refractivity contribution < 1.29 is 22.5 Å². The van der Waals surface area contributed by atoms with Gasteiger partial charge in [0.05, 0.1) is 16.8 Å². The second-order valence-electron chi connectivity index (χ2n) is 5.01. The SMILES string of the molecule is Cc1cc(Nc2ccccc2O)c2cccc(C)c2[nH+]1.[Cl-]. The predicted molar refractivity (Wildman–Crippen MR) is 81.4 cm³/mol. The van der Waals surface area contributed by atoms with Crippen molar-refractivity contribution in [2.45, 2.75) is 13.8 Å². The number of anilines is 2. The van der Waals surface area contributed by atoms with Gasteiger partial charge in [0.2, 0.25) is 5.52 Å². The van der Waals surface area contributed by atoms with Crippen LogP contribution in [-0.2, 0) is 0 Å². The molecular weight excluding hydrogens is 284 g/mol. The Kier molecular flexibility index (Phi) is 4.34. The Morgan fingerprint density at radius 2 is 1.71 bits per heavy atom. The second kappa shape index (κ2) is 6.02. The van der Waals surface area contributed by atoms with Gasteiger partial charge in [-0.05, 0) is 25.1 Å². The summed E-state index contributed by atoms with van der Waals surface area (Å²) in [5.74, 6) is 0.249. The van der Waals surface area contributed by atoms with Crippen LogP contribution in [0.15, 0.2) is 48.5 Å². The number of phenols is 1. The Balaban J connectivity index is 0.00000161. The van der Waals surface area contributed by atoms with Crippen LogP contribution in [-0.4, -0.2) is 5.11 Å². The summed E-state index contributed by atoms with van der Waals surface area (Å²) in [7, 11) is 0. The third-order valence-electron chi connectivity index (χ3n) is 3.42. The Labute approximate surface area is 130 Å². The Hall–Kier alpha value is -2.26. The predicted octanol–water partition coefficient (Wildman–Crippen LogP) is 0.724. The van der Waals surface area contributed by atoms with Gasteiger partial charge in [-0.1, -0.05) is 24.3 Å². The van der Waals surface area contributed by atoms with E-state index in [0.717, 1.165) is 22.3 Å². The number of H-pyrrole nitrogens is 1. The van der Waals surface area contributed by atoms with E-state index in [9.17, 15) is 5.11 Å². The van der Waals surface area contributed by atoms with Crippen LogP contribution in [0.2, 0.25) is 0 Å². The van der Waals surface area contributed by atoms with Crippen LogP contribution < -0.4 is 22.7 Å². The summed E-state index contributed by atoms with van der Waals surface area (Å²) >= 11 is 0. The number of aromatic amines is 1. The van der Waals surface area contributed by atoms with Crippen LogP contribution in [0, 0.1) is 13.8 Å². The minimum absolute atomic E-state index is 0. The molecule has 1 aromatic heterocycles. The monoisotopic (exact) mass is 300 g/mol. The van der Waals surface area contributed by atoms with E-state index in [2.05, 4.69) is 29.4 Å². The van der Waals surface area contributed by atoms with E-state index in [4.69, 9.17) is 0 Å². The summed E-state index contributed by atoms with van der Waals surface area (Å²) in [6.45, 7) is 4.12. The summed E-state index contributed by atoms with van der Waals surface area (Å²) in [6.07, 6.45) is 0. The van der Waals surface area contributed by atoms with Crippen molar-refractivity contribution in [1.82, 2.24) is 0 Å². The second-order valence-corrected chi connectivity index (χ2v) is 5.01. The molecule has 0 fully saturated rings. The number of aromatic nitrogens is 1. The molecule has 0 aliphatic rings. The number of para-hydroxylation sites is 3. The first-order valence-electron chi connectivity index (χ1n) is 6.62. The van der Waals surface area contributed by atoms with Gasteiger partial charge >= 0.3 is 0 Å². The zero-order chi connectivity index (χ0) is 14.1. The van der Waals surface area contributed by atoms with Crippen LogP contribution in [0.5, 0.6) is 5.75 Å². The van der Waals surface area contributed by atoms with Gasteiger partial charge in [-0.2, -0.15) is 0 Å². The maximum atomic E-state index is 9.90. The average molecular weight is 301 g/mol. The topological polar surface area (TPSA) is 46.4 Å². The number of hydrogen-bond donors (Lipinski definition) is 2. The molecule has 0 aliphatic heterocycles. The molecule has 4 heteroatoms. The zero-order valence-electron chi connectivity index (χ0n) is 11.9. The third-order valence-corrected chi connectivity index (χ3v) is 3.42. The summed E-state index contributed by atoms with van der Waals surface area (Å²) < 4.78 is 0. The lowest BCUT2D eigenvalue weighted by molar-refractivity contribution is -0.354. The minimum atomic E-state index is 0. The van der Waals surface area contributed by atoms with Crippen molar-refractivity contribution in [3.63, 3.8) is 0 Å². The number of aryl methyl sites for hydroxylation is 2. The Morgan fingerprint density at radius 3 is 2.48 bits per heavy atom. The molecule has 0 bridgehead atoms. The molecule has 3 nitrogen and oxygen atoms in total. The summed E-state index contributed by atoms with van der Waals surface area (Å²) in [4.78, 5) is 3.40. The lowest BCUT2D eigenvalue weighted by Gasteiger charge is -2.10. The van der Waals surface area contributed by atoms with Crippen LogP contribution in [0.25, 0.3) is 10.9 Å². The summed E-state index contributed by atoms with van der Waals surface area (Å²) in [6, 6.07) is 15.5. The van der Waals surface area contributed by atoms with Crippen LogP contribution in [0.1, 0.15) is 11.3 Å². The van der Waals surface area contributed by atoms with Crippen molar-refractivity contribution in [2.24, 2.45) is 0 Å². The molecule has 0 aliphatic carbocycles. The number of pyridine rings is 1. The fourth-order valence-electron chi connectivity index (χ4n) is 2.41. The van der Waals surface area contributed by atoms with Gasteiger partial charge in [-0.25, -0.2) is 4.98 Å². The van der Waals surface area contributed by atoms with Crippen molar-refractivity contribution in [1.29, 1.82) is 0 Å². The van der Waals surface area contributed by atoms with Crippen LogP contribution in [0.3, 0.4) is 0 Å². The molecule has 0 saturated heterocycles. The Bertz CT molecular complexity index is 787. The number of hydrogen-bond acceptors (Lipinski definition) is 2. The molecule has 3 aromatic rings. The largest absolute Gasteiger partial charge is 1.00 e. The van der Waals surface area contributed by atoms with E-state index in [0.29, 0.717) is 5.69 Å². The van der Waals surface area contributed by atoms with E-state index in [-0.39, 0.29) is 18.2 Å².